The van der Waals surface area contributed by atoms with Crippen LogP contribution in [-0.4, -0.2) is 15.5 Å². The summed E-state index contributed by atoms with van der Waals surface area (Å²) in [5.74, 6) is 0.763. The summed E-state index contributed by atoms with van der Waals surface area (Å²) < 4.78 is 2.22. The van der Waals surface area contributed by atoms with E-state index in [9.17, 15) is 4.79 Å². The quantitative estimate of drug-likeness (QED) is 0.467. The molecule has 0 aliphatic heterocycles. The minimum absolute atomic E-state index is 0.165. The second-order valence-electron chi connectivity index (χ2n) is 6.72. The zero-order valence-electron chi connectivity index (χ0n) is 16.2. The van der Waals surface area contributed by atoms with E-state index in [0.29, 0.717) is 25.1 Å². The van der Waals surface area contributed by atoms with Crippen molar-refractivity contribution in [2.24, 2.45) is 0 Å². The minimum atomic E-state index is -0.165. The predicted octanol–water partition coefficient (Wildman–Crippen LogP) is 4.52. The number of amides is 1. The van der Waals surface area contributed by atoms with Gasteiger partial charge in [-0.2, -0.15) is 0 Å². The maximum Gasteiger partial charge on any atom is 0.246 e. The fourth-order valence-corrected chi connectivity index (χ4v) is 3.13. The maximum atomic E-state index is 12.0. The van der Waals surface area contributed by atoms with Crippen molar-refractivity contribution in [2.45, 2.75) is 26.4 Å². The molecule has 0 atom stereocenters. The molecule has 1 amide bonds. The van der Waals surface area contributed by atoms with Gasteiger partial charge in [0.2, 0.25) is 5.91 Å². The second kappa shape index (κ2) is 9.00. The molecule has 0 aliphatic rings. The molecular formula is C24H25N3O. The Morgan fingerprint density at radius 2 is 1.75 bits per heavy atom. The molecule has 1 heterocycles. The molecule has 3 aromatic rings. The van der Waals surface area contributed by atoms with Gasteiger partial charge in [-0.3, -0.25) is 4.79 Å². The predicted molar refractivity (Wildman–Crippen MR) is 114 cm³/mol. The normalized spacial score (nSPS) is 10.5. The summed E-state index contributed by atoms with van der Waals surface area (Å²) in [6.45, 7) is 10.3. The van der Waals surface area contributed by atoms with Gasteiger partial charge in [0.1, 0.15) is 5.82 Å². The highest BCUT2D eigenvalue weighted by atomic mass is 16.1. The first-order chi connectivity index (χ1) is 13.6. The molecule has 28 heavy (non-hydrogen) atoms. The van der Waals surface area contributed by atoms with Gasteiger partial charge in [-0.15, -0.1) is 6.58 Å². The summed E-state index contributed by atoms with van der Waals surface area (Å²) in [6.07, 6.45) is 2.51. The lowest BCUT2D eigenvalue weighted by molar-refractivity contribution is -0.117. The number of imidazole rings is 1. The van der Waals surface area contributed by atoms with Crippen LogP contribution in [0.5, 0.6) is 0 Å². The molecular weight excluding hydrogens is 346 g/mol. The van der Waals surface area contributed by atoms with Crippen molar-refractivity contribution in [3.05, 3.63) is 103 Å². The van der Waals surface area contributed by atoms with Crippen molar-refractivity contribution in [1.82, 2.24) is 14.9 Å². The number of hydrogen-bond donors (Lipinski definition) is 1. The van der Waals surface area contributed by atoms with Crippen molar-refractivity contribution in [3.8, 4) is 11.3 Å². The van der Waals surface area contributed by atoms with Crippen LogP contribution < -0.4 is 5.32 Å². The lowest BCUT2D eigenvalue weighted by Gasteiger charge is -2.13. The first-order valence-corrected chi connectivity index (χ1v) is 9.32. The van der Waals surface area contributed by atoms with E-state index < -0.39 is 0 Å². The smallest absolute Gasteiger partial charge is 0.246 e. The molecule has 1 N–H and O–H groups in total. The van der Waals surface area contributed by atoms with Crippen LogP contribution >= 0.6 is 0 Å². The number of rotatable bonds is 8. The van der Waals surface area contributed by atoms with Gasteiger partial charge in [-0.05, 0) is 12.5 Å². The molecule has 0 bridgehead atoms. The summed E-state index contributed by atoms with van der Waals surface area (Å²) in [7, 11) is 0. The SMILES string of the molecule is C=CCc1nc(CNC(=O)C(=C)C)c(-c2ccccc2)n1Cc1ccccc1. The molecule has 2 aromatic carbocycles. The van der Waals surface area contributed by atoms with Gasteiger partial charge in [-0.25, -0.2) is 4.98 Å². The Labute approximate surface area is 166 Å². The summed E-state index contributed by atoms with van der Waals surface area (Å²) in [6, 6.07) is 20.5. The summed E-state index contributed by atoms with van der Waals surface area (Å²) in [5, 5.41) is 2.91. The van der Waals surface area contributed by atoms with Gasteiger partial charge >= 0.3 is 0 Å². The average Bonchev–Trinajstić information content (AvgIpc) is 3.04. The van der Waals surface area contributed by atoms with E-state index in [-0.39, 0.29) is 5.91 Å². The van der Waals surface area contributed by atoms with Gasteiger partial charge in [0.25, 0.3) is 0 Å². The van der Waals surface area contributed by atoms with Crippen LogP contribution in [-0.2, 0) is 24.3 Å². The molecule has 3 rings (SSSR count). The van der Waals surface area contributed by atoms with Crippen LogP contribution in [0.4, 0.5) is 0 Å². The Hall–Kier alpha value is -3.40. The number of aromatic nitrogens is 2. The largest absolute Gasteiger partial charge is 0.347 e. The highest BCUT2D eigenvalue weighted by Crippen LogP contribution is 2.27. The van der Waals surface area contributed by atoms with Gasteiger partial charge in [0.05, 0.1) is 17.9 Å². The average molecular weight is 371 g/mol. The number of nitrogens with one attached hydrogen (secondary N) is 1. The van der Waals surface area contributed by atoms with Gasteiger partial charge in [0, 0.05) is 24.1 Å². The first kappa shape index (κ1) is 19.4. The molecule has 0 radical (unpaired) electrons. The number of carbonyl (C=O) groups excluding carboxylic acids is 1. The monoisotopic (exact) mass is 371 g/mol. The van der Waals surface area contributed by atoms with E-state index in [1.165, 1.54) is 5.56 Å². The molecule has 142 valence electrons. The number of nitrogens with zero attached hydrogens (tertiary/aromatic N) is 2. The molecule has 4 nitrogen and oxygen atoms in total. The molecule has 0 saturated carbocycles. The Bertz CT molecular complexity index is 972. The zero-order valence-corrected chi connectivity index (χ0v) is 16.2. The van der Waals surface area contributed by atoms with Crippen LogP contribution in [0.2, 0.25) is 0 Å². The molecule has 0 aliphatic carbocycles. The molecule has 0 unspecified atom stereocenters. The van der Waals surface area contributed by atoms with Crippen LogP contribution in [0.15, 0.2) is 85.5 Å². The van der Waals surface area contributed by atoms with E-state index in [0.717, 1.165) is 22.8 Å². The lowest BCUT2D eigenvalue weighted by atomic mass is 10.1. The Kier molecular flexibility index (Phi) is 6.22. The van der Waals surface area contributed by atoms with Crippen LogP contribution in [0.3, 0.4) is 0 Å². The van der Waals surface area contributed by atoms with Crippen molar-refractivity contribution >= 4 is 5.91 Å². The Morgan fingerprint density at radius 1 is 1.11 bits per heavy atom. The fraction of sp³-hybridized carbons (Fsp3) is 0.167. The summed E-state index contributed by atoms with van der Waals surface area (Å²) in [4.78, 5) is 16.9. The first-order valence-electron chi connectivity index (χ1n) is 9.32. The topological polar surface area (TPSA) is 46.9 Å². The Balaban J connectivity index is 2.07. The number of benzene rings is 2. The Morgan fingerprint density at radius 3 is 2.36 bits per heavy atom. The molecule has 0 fully saturated rings. The molecule has 1 aromatic heterocycles. The number of allylic oxidation sites excluding steroid dienone is 1. The van der Waals surface area contributed by atoms with E-state index in [1.807, 2.05) is 42.5 Å². The standard InChI is InChI=1S/C24H25N3O/c1-4-11-22-26-21(16-25-24(28)18(2)3)23(20-14-9-6-10-15-20)27(22)17-19-12-7-5-8-13-19/h4-10,12-15H,1-2,11,16-17H2,3H3,(H,25,28). The van der Waals surface area contributed by atoms with Gasteiger partial charge in [-0.1, -0.05) is 73.3 Å². The fourth-order valence-electron chi connectivity index (χ4n) is 3.13. The summed E-state index contributed by atoms with van der Waals surface area (Å²) >= 11 is 0. The van der Waals surface area contributed by atoms with Gasteiger partial charge in [0.15, 0.2) is 0 Å². The van der Waals surface area contributed by atoms with Crippen molar-refractivity contribution < 1.29 is 4.79 Å². The third kappa shape index (κ3) is 4.46. The lowest BCUT2D eigenvalue weighted by Crippen LogP contribution is -2.23. The van der Waals surface area contributed by atoms with E-state index in [1.54, 1.807) is 6.92 Å². The van der Waals surface area contributed by atoms with Crippen molar-refractivity contribution in [1.29, 1.82) is 0 Å². The molecule has 0 spiro atoms. The van der Waals surface area contributed by atoms with Crippen molar-refractivity contribution in [2.75, 3.05) is 0 Å². The summed E-state index contributed by atoms with van der Waals surface area (Å²) in [5.41, 5.74) is 4.61. The van der Waals surface area contributed by atoms with Crippen LogP contribution in [0.25, 0.3) is 11.3 Å². The van der Waals surface area contributed by atoms with Crippen LogP contribution in [0, 0.1) is 0 Å². The third-order valence-electron chi connectivity index (χ3n) is 4.48. The minimum Gasteiger partial charge on any atom is -0.347 e. The molecule has 4 heteroatoms. The van der Waals surface area contributed by atoms with E-state index >= 15 is 0 Å². The van der Waals surface area contributed by atoms with E-state index in [2.05, 4.69) is 47.3 Å². The van der Waals surface area contributed by atoms with Crippen molar-refractivity contribution in [3.63, 3.8) is 0 Å². The highest BCUT2D eigenvalue weighted by Gasteiger charge is 2.19. The van der Waals surface area contributed by atoms with Gasteiger partial charge < -0.3 is 9.88 Å². The molecule has 0 saturated heterocycles. The third-order valence-corrected chi connectivity index (χ3v) is 4.48. The van der Waals surface area contributed by atoms with Crippen LogP contribution in [0.1, 0.15) is 24.0 Å². The second-order valence-corrected chi connectivity index (χ2v) is 6.72. The maximum absolute atomic E-state index is 12.0. The van der Waals surface area contributed by atoms with E-state index in [4.69, 9.17) is 4.98 Å². The number of carbonyl (C=O) groups is 1. The highest BCUT2D eigenvalue weighted by molar-refractivity contribution is 5.92. The zero-order chi connectivity index (χ0) is 19.9. The number of hydrogen-bond acceptors (Lipinski definition) is 2.